The largest absolute Gasteiger partial charge is 0.405 e. The zero-order chi connectivity index (χ0) is 10.6. The molecule has 3 N–H and O–H groups in total. The van der Waals surface area contributed by atoms with Gasteiger partial charge in [-0.3, -0.25) is 4.79 Å². The van der Waals surface area contributed by atoms with Crippen molar-refractivity contribution in [2.45, 2.75) is 12.2 Å². The second kappa shape index (κ2) is 4.61. The van der Waals surface area contributed by atoms with Crippen LogP contribution in [0.2, 0.25) is 0 Å². The van der Waals surface area contributed by atoms with Crippen molar-refractivity contribution in [3.63, 3.8) is 0 Å². The van der Waals surface area contributed by atoms with Crippen molar-refractivity contribution in [3.8, 4) is 0 Å². The molecule has 1 saturated heterocycles. The smallest absolute Gasteiger partial charge is 0.346 e. The van der Waals surface area contributed by atoms with Gasteiger partial charge in [0.05, 0.1) is 6.04 Å². The van der Waals surface area contributed by atoms with E-state index in [0.717, 1.165) is 6.54 Å². The second-order valence-electron chi connectivity index (χ2n) is 3.04. The van der Waals surface area contributed by atoms with Gasteiger partial charge in [0.25, 0.3) is 0 Å². The predicted molar refractivity (Wildman–Crippen MR) is 43.7 cm³/mol. The molecule has 0 unspecified atom stereocenters. The van der Waals surface area contributed by atoms with E-state index in [9.17, 15) is 18.0 Å². The van der Waals surface area contributed by atoms with Gasteiger partial charge in [-0.05, 0) is 0 Å². The van der Waals surface area contributed by atoms with Gasteiger partial charge in [-0.15, -0.1) is 0 Å². The second-order valence-corrected chi connectivity index (χ2v) is 3.04. The van der Waals surface area contributed by atoms with E-state index in [1.54, 1.807) is 0 Å². The molecule has 0 bridgehead atoms. The van der Waals surface area contributed by atoms with E-state index in [1.807, 2.05) is 5.32 Å². The molecule has 1 fully saturated rings. The Hall–Kier alpha value is -0.820. The average molecular weight is 211 g/mol. The number of hydrogen-bond donors (Lipinski definition) is 3. The Morgan fingerprint density at radius 3 is 2.64 bits per heavy atom. The number of alkyl halides is 3. The summed E-state index contributed by atoms with van der Waals surface area (Å²) in [6, 6.07) is -0.564. The quantitative estimate of drug-likeness (QED) is 0.562. The molecule has 0 aromatic carbocycles. The van der Waals surface area contributed by atoms with E-state index < -0.39 is 24.7 Å². The molecule has 1 aliphatic heterocycles. The molecule has 7 heteroatoms. The molecular weight excluding hydrogens is 199 g/mol. The molecule has 1 heterocycles. The molecule has 0 aliphatic carbocycles. The summed E-state index contributed by atoms with van der Waals surface area (Å²) >= 11 is 0. The van der Waals surface area contributed by atoms with E-state index in [1.165, 1.54) is 0 Å². The van der Waals surface area contributed by atoms with Gasteiger partial charge in [-0.1, -0.05) is 0 Å². The number of carbonyl (C=O) groups is 1. The van der Waals surface area contributed by atoms with Gasteiger partial charge in [-0.25, -0.2) is 0 Å². The highest BCUT2D eigenvalue weighted by atomic mass is 19.4. The number of amides is 1. The maximum absolute atomic E-state index is 11.7. The molecule has 0 radical (unpaired) electrons. The fraction of sp³-hybridized carbons (Fsp3) is 0.857. The van der Waals surface area contributed by atoms with Crippen molar-refractivity contribution < 1.29 is 18.0 Å². The Bertz CT molecular complexity index is 201. The molecule has 0 aromatic rings. The van der Waals surface area contributed by atoms with Crippen LogP contribution >= 0.6 is 0 Å². The lowest BCUT2D eigenvalue weighted by Gasteiger charge is -2.23. The molecule has 4 nitrogen and oxygen atoms in total. The molecule has 0 aromatic heterocycles. The molecule has 1 aliphatic rings. The van der Waals surface area contributed by atoms with Crippen LogP contribution in [0.1, 0.15) is 0 Å². The fourth-order valence-corrected chi connectivity index (χ4v) is 1.15. The van der Waals surface area contributed by atoms with E-state index in [0.29, 0.717) is 13.1 Å². The summed E-state index contributed by atoms with van der Waals surface area (Å²) in [7, 11) is 0. The van der Waals surface area contributed by atoms with Crippen molar-refractivity contribution in [2.75, 3.05) is 26.2 Å². The zero-order valence-electron chi connectivity index (χ0n) is 7.45. The SMILES string of the molecule is O=C(NCC(F)(F)F)[C@@H]1CNCCN1. The normalized spacial score (nSPS) is 23.2. The number of rotatable bonds is 2. The Morgan fingerprint density at radius 1 is 1.43 bits per heavy atom. The van der Waals surface area contributed by atoms with Crippen molar-refractivity contribution in [1.29, 1.82) is 0 Å². The third kappa shape index (κ3) is 3.93. The van der Waals surface area contributed by atoms with Crippen LogP contribution in [0.4, 0.5) is 13.2 Å². The van der Waals surface area contributed by atoms with Gasteiger partial charge in [0, 0.05) is 19.6 Å². The molecule has 0 spiro atoms. The monoisotopic (exact) mass is 211 g/mol. The van der Waals surface area contributed by atoms with Gasteiger partial charge >= 0.3 is 6.18 Å². The maximum Gasteiger partial charge on any atom is 0.405 e. The third-order valence-electron chi connectivity index (χ3n) is 1.82. The first-order valence-electron chi connectivity index (χ1n) is 4.27. The summed E-state index contributed by atoms with van der Waals surface area (Å²) in [5.74, 6) is -0.616. The van der Waals surface area contributed by atoms with Crippen LogP contribution in [0, 0.1) is 0 Å². The highest BCUT2D eigenvalue weighted by Gasteiger charge is 2.29. The molecule has 82 valence electrons. The molecule has 1 rings (SSSR count). The van der Waals surface area contributed by atoms with Crippen LogP contribution in [0.25, 0.3) is 0 Å². The van der Waals surface area contributed by atoms with Crippen LogP contribution in [-0.2, 0) is 4.79 Å². The molecule has 14 heavy (non-hydrogen) atoms. The van der Waals surface area contributed by atoms with Gasteiger partial charge in [0.15, 0.2) is 0 Å². The number of carbonyl (C=O) groups excluding carboxylic acids is 1. The lowest BCUT2D eigenvalue weighted by molar-refractivity contribution is -0.139. The highest BCUT2D eigenvalue weighted by molar-refractivity contribution is 5.82. The van der Waals surface area contributed by atoms with E-state index in [-0.39, 0.29) is 0 Å². The minimum absolute atomic E-state index is 0.365. The van der Waals surface area contributed by atoms with Crippen molar-refractivity contribution in [3.05, 3.63) is 0 Å². The van der Waals surface area contributed by atoms with Crippen LogP contribution < -0.4 is 16.0 Å². The average Bonchev–Trinajstić information content (AvgIpc) is 2.14. The maximum atomic E-state index is 11.7. The first-order valence-corrected chi connectivity index (χ1v) is 4.27. The Kier molecular flexibility index (Phi) is 3.70. The van der Waals surface area contributed by atoms with Crippen LogP contribution in [0.15, 0.2) is 0 Å². The molecule has 1 atom stereocenters. The number of nitrogens with one attached hydrogen (secondary N) is 3. The first-order chi connectivity index (χ1) is 6.49. The minimum atomic E-state index is -4.35. The third-order valence-corrected chi connectivity index (χ3v) is 1.82. The number of piperazine rings is 1. The summed E-state index contributed by atoms with van der Waals surface area (Å²) in [6.45, 7) is 0.404. The summed E-state index contributed by atoms with van der Waals surface area (Å²) < 4.78 is 35.2. The zero-order valence-corrected chi connectivity index (χ0v) is 7.45. The lowest BCUT2D eigenvalue weighted by atomic mass is 10.2. The van der Waals surface area contributed by atoms with Gasteiger partial charge in [0.1, 0.15) is 6.54 Å². The molecule has 0 saturated carbocycles. The highest BCUT2D eigenvalue weighted by Crippen LogP contribution is 2.12. The first kappa shape index (κ1) is 11.3. The van der Waals surface area contributed by atoms with E-state index in [2.05, 4.69) is 10.6 Å². The Labute approximate surface area is 79.2 Å². The van der Waals surface area contributed by atoms with Gasteiger partial charge in [-0.2, -0.15) is 13.2 Å². The fourth-order valence-electron chi connectivity index (χ4n) is 1.15. The standard InChI is InChI=1S/C7H12F3N3O/c8-7(9,10)4-13-6(14)5-3-11-1-2-12-5/h5,11-12H,1-4H2,(H,13,14)/t5-/m0/s1. The predicted octanol–water partition coefficient (Wildman–Crippen LogP) is -0.774. The van der Waals surface area contributed by atoms with Crippen molar-refractivity contribution in [1.82, 2.24) is 16.0 Å². The minimum Gasteiger partial charge on any atom is -0.346 e. The number of halogens is 3. The van der Waals surface area contributed by atoms with E-state index >= 15 is 0 Å². The van der Waals surface area contributed by atoms with Crippen molar-refractivity contribution in [2.24, 2.45) is 0 Å². The van der Waals surface area contributed by atoms with Crippen LogP contribution in [0.5, 0.6) is 0 Å². The number of hydrogen-bond acceptors (Lipinski definition) is 3. The lowest BCUT2D eigenvalue weighted by Crippen LogP contribution is -2.56. The summed E-state index contributed by atoms with van der Waals surface area (Å²) in [6.07, 6.45) is -4.35. The van der Waals surface area contributed by atoms with Gasteiger partial charge in [0.2, 0.25) is 5.91 Å². The molecular formula is C7H12F3N3O. The van der Waals surface area contributed by atoms with Crippen LogP contribution in [0.3, 0.4) is 0 Å². The summed E-state index contributed by atoms with van der Waals surface area (Å²) in [4.78, 5) is 11.1. The summed E-state index contributed by atoms with van der Waals surface area (Å²) in [5.41, 5.74) is 0. The topological polar surface area (TPSA) is 53.2 Å². The van der Waals surface area contributed by atoms with E-state index in [4.69, 9.17) is 0 Å². The molecule has 1 amide bonds. The summed E-state index contributed by atoms with van der Waals surface area (Å²) in [5, 5.41) is 7.55. The van der Waals surface area contributed by atoms with Gasteiger partial charge < -0.3 is 16.0 Å². The van der Waals surface area contributed by atoms with Crippen molar-refractivity contribution >= 4 is 5.91 Å². The van der Waals surface area contributed by atoms with Crippen LogP contribution in [-0.4, -0.2) is 44.3 Å². The Balaban J connectivity index is 2.27. The Morgan fingerprint density at radius 2 is 2.14 bits per heavy atom.